The molecule has 0 saturated heterocycles. The van der Waals surface area contributed by atoms with Crippen molar-refractivity contribution >= 4 is 11.9 Å². The van der Waals surface area contributed by atoms with Crippen molar-refractivity contribution < 1.29 is 24.5 Å². The number of hydrogen-bond donors (Lipinski definition) is 2. The van der Waals surface area contributed by atoms with Crippen LogP contribution in [-0.2, 0) is 30.8 Å². The molecule has 59 heavy (non-hydrogen) atoms. The van der Waals surface area contributed by atoms with Gasteiger partial charge in [0.25, 0.3) is 0 Å². The molecule has 1 rings (SSSR count). The average molecular weight is 827 g/mol. The summed E-state index contributed by atoms with van der Waals surface area (Å²) in [6, 6.07) is 4.13. The molecule has 0 heterocycles. The number of esters is 1. The van der Waals surface area contributed by atoms with Gasteiger partial charge >= 0.3 is 11.9 Å². The van der Waals surface area contributed by atoms with Gasteiger partial charge in [0.2, 0.25) is 0 Å². The number of carboxylic acids is 1. The number of ether oxygens (including phenoxy) is 1. The lowest BCUT2D eigenvalue weighted by Crippen LogP contribution is -2.34. The van der Waals surface area contributed by atoms with Crippen LogP contribution in [-0.4, -0.2) is 22.2 Å². The number of phenols is 1. The Morgan fingerprint density at radius 1 is 0.458 bits per heavy atom. The Morgan fingerprint density at radius 2 is 0.712 bits per heavy atom. The Hall–Kier alpha value is -2.04. The Labute approximate surface area is 366 Å². The van der Waals surface area contributed by atoms with Gasteiger partial charge < -0.3 is 14.9 Å². The molecule has 5 nitrogen and oxygen atoms in total. The summed E-state index contributed by atoms with van der Waals surface area (Å²) in [6.07, 6.45) is 42.1. The number of benzene rings is 1. The zero-order valence-electron chi connectivity index (χ0n) is 40.5. The summed E-state index contributed by atoms with van der Waals surface area (Å²) in [5.41, 5.74) is 0.992. The fourth-order valence-electron chi connectivity index (χ4n) is 8.91. The van der Waals surface area contributed by atoms with Crippen LogP contribution < -0.4 is 0 Å². The molecule has 0 fully saturated rings. The maximum absolute atomic E-state index is 13.4. The Morgan fingerprint density at radius 3 is 0.949 bits per heavy atom. The number of carbonyl (C=O) groups is 2. The van der Waals surface area contributed by atoms with Crippen LogP contribution in [0.15, 0.2) is 12.1 Å². The Kier molecular flexibility index (Phi) is 30.4. The first-order chi connectivity index (χ1) is 28.2. The molecule has 0 bridgehead atoms. The molecular weight excluding hydrogens is 729 g/mol. The van der Waals surface area contributed by atoms with E-state index in [4.69, 9.17) is 4.74 Å². The maximum atomic E-state index is 13.4. The monoisotopic (exact) mass is 827 g/mol. The SMILES string of the molecule is CCCCCCCCCCCCCCCCCCC(CCCCCCCCCCCCCCCCCC)(OC(=O)CC(=O)O)c1cc(C(C)(C)C)c(O)c(C(C)(C)C)c1. The van der Waals surface area contributed by atoms with Gasteiger partial charge in [-0.2, -0.15) is 0 Å². The van der Waals surface area contributed by atoms with E-state index in [1.807, 2.05) is 0 Å². The molecule has 5 heteroatoms. The minimum absolute atomic E-state index is 0.310. The van der Waals surface area contributed by atoms with Crippen molar-refractivity contribution in [2.24, 2.45) is 0 Å². The first kappa shape index (κ1) is 55.0. The van der Waals surface area contributed by atoms with Crippen LogP contribution in [0.5, 0.6) is 5.75 Å². The van der Waals surface area contributed by atoms with E-state index in [0.717, 1.165) is 55.2 Å². The topological polar surface area (TPSA) is 83.8 Å². The smallest absolute Gasteiger partial charge is 0.318 e. The van der Waals surface area contributed by atoms with E-state index in [9.17, 15) is 19.8 Å². The number of aliphatic carboxylic acids is 1. The minimum atomic E-state index is -1.16. The van der Waals surface area contributed by atoms with E-state index in [2.05, 4.69) is 67.5 Å². The van der Waals surface area contributed by atoms with Crippen LogP contribution in [0, 0.1) is 0 Å². The molecule has 0 amide bonds. The molecular formula is C54H98O5. The second-order valence-electron chi connectivity index (χ2n) is 20.6. The molecule has 0 aromatic heterocycles. The van der Waals surface area contributed by atoms with Gasteiger partial charge in [0, 0.05) is 0 Å². The van der Waals surface area contributed by atoms with E-state index in [1.165, 1.54) is 167 Å². The van der Waals surface area contributed by atoms with Crippen molar-refractivity contribution in [1.82, 2.24) is 0 Å². The first-order valence-electron chi connectivity index (χ1n) is 25.5. The molecule has 0 aliphatic rings. The quantitative estimate of drug-likeness (QED) is 0.0394. The van der Waals surface area contributed by atoms with Gasteiger partial charge in [0.1, 0.15) is 17.8 Å². The van der Waals surface area contributed by atoms with Crippen molar-refractivity contribution in [3.8, 4) is 5.75 Å². The fraction of sp³-hybridized carbons (Fsp3) is 0.852. The molecule has 1 aromatic rings. The number of phenolic OH excluding ortho intramolecular Hbond substituents is 1. The van der Waals surface area contributed by atoms with Crippen molar-refractivity contribution in [1.29, 1.82) is 0 Å². The lowest BCUT2D eigenvalue weighted by atomic mass is 9.74. The summed E-state index contributed by atoms with van der Waals surface area (Å²) in [5.74, 6) is -1.53. The predicted molar refractivity (Wildman–Crippen MR) is 254 cm³/mol. The average Bonchev–Trinajstić information content (AvgIpc) is 3.16. The molecule has 1 aromatic carbocycles. The standard InChI is InChI=1S/C54H98O5/c1-9-11-13-15-17-19-21-23-25-27-29-31-33-35-37-39-41-54(59-50(57)45-49(55)56,46-43-47(52(3,4)5)51(58)48(44-46)53(6,7)8)42-40-38-36-34-32-30-28-26-24-22-20-18-16-14-12-10-2/h43-44,58H,9-42,45H2,1-8H3,(H,55,56). The zero-order chi connectivity index (χ0) is 43.8. The third-order valence-corrected chi connectivity index (χ3v) is 12.7. The van der Waals surface area contributed by atoms with E-state index < -0.39 is 24.0 Å². The van der Waals surface area contributed by atoms with Gasteiger partial charge in [0.05, 0.1) is 0 Å². The van der Waals surface area contributed by atoms with Crippen LogP contribution in [0.25, 0.3) is 0 Å². The lowest BCUT2D eigenvalue weighted by Gasteiger charge is -2.37. The number of carboxylic acid groups (broad SMARTS) is 1. The number of aromatic hydroxyl groups is 1. The number of unbranched alkanes of at least 4 members (excludes halogenated alkanes) is 30. The summed E-state index contributed by atoms with van der Waals surface area (Å²) < 4.78 is 6.46. The summed E-state index contributed by atoms with van der Waals surface area (Å²) >= 11 is 0. The largest absolute Gasteiger partial charge is 0.507 e. The highest BCUT2D eigenvalue weighted by Gasteiger charge is 2.39. The highest BCUT2D eigenvalue weighted by Crippen LogP contribution is 2.46. The van der Waals surface area contributed by atoms with Crippen LogP contribution in [0.1, 0.15) is 297 Å². The third kappa shape index (κ3) is 26.1. The highest BCUT2D eigenvalue weighted by atomic mass is 16.6. The van der Waals surface area contributed by atoms with Gasteiger partial charge in [0.15, 0.2) is 0 Å². The molecule has 2 N–H and O–H groups in total. The second-order valence-corrected chi connectivity index (χ2v) is 20.6. The molecule has 0 saturated carbocycles. The summed E-state index contributed by atoms with van der Waals surface area (Å²) in [4.78, 5) is 25.1. The van der Waals surface area contributed by atoms with E-state index >= 15 is 0 Å². The molecule has 344 valence electrons. The Balaban J connectivity index is 2.91. The van der Waals surface area contributed by atoms with Crippen LogP contribution >= 0.6 is 0 Å². The van der Waals surface area contributed by atoms with E-state index in [-0.39, 0.29) is 10.8 Å². The molecule has 0 spiro atoms. The highest BCUT2D eigenvalue weighted by molar-refractivity contribution is 5.90. The van der Waals surface area contributed by atoms with Crippen molar-refractivity contribution in [2.75, 3.05) is 0 Å². The predicted octanol–water partition coefficient (Wildman–Crippen LogP) is 17.5. The molecule has 0 aliphatic carbocycles. The van der Waals surface area contributed by atoms with Gasteiger partial charge in [-0.3, -0.25) is 9.59 Å². The number of carbonyl (C=O) groups excluding carboxylic acids is 1. The summed E-state index contributed by atoms with van der Waals surface area (Å²) in [5, 5.41) is 21.2. The molecule has 0 radical (unpaired) electrons. The van der Waals surface area contributed by atoms with Crippen molar-refractivity contribution in [3.63, 3.8) is 0 Å². The molecule has 0 aliphatic heterocycles. The summed E-state index contributed by atoms with van der Waals surface area (Å²) in [6.45, 7) is 17.2. The number of rotatable bonds is 38. The summed E-state index contributed by atoms with van der Waals surface area (Å²) in [7, 11) is 0. The normalized spacial score (nSPS) is 12.3. The number of hydrogen-bond acceptors (Lipinski definition) is 4. The molecule has 0 atom stereocenters. The molecule has 0 unspecified atom stereocenters. The second kappa shape index (κ2) is 32.6. The van der Waals surface area contributed by atoms with Crippen LogP contribution in [0.4, 0.5) is 0 Å². The van der Waals surface area contributed by atoms with E-state index in [1.54, 1.807) is 0 Å². The van der Waals surface area contributed by atoms with Crippen LogP contribution in [0.2, 0.25) is 0 Å². The first-order valence-corrected chi connectivity index (χ1v) is 25.5. The zero-order valence-corrected chi connectivity index (χ0v) is 40.5. The van der Waals surface area contributed by atoms with Crippen LogP contribution in [0.3, 0.4) is 0 Å². The van der Waals surface area contributed by atoms with Gasteiger partial charge in [-0.25, -0.2) is 0 Å². The van der Waals surface area contributed by atoms with Gasteiger partial charge in [-0.1, -0.05) is 248 Å². The third-order valence-electron chi connectivity index (χ3n) is 12.7. The van der Waals surface area contributed by atoms with Crippen molar-refractivity contribution in [2.45, 2.75) is 297 Å². The maximum Gasteiger partial charge on any atom is 0.318 e. The van der Waals surface area contributed by atoms with E-state index in [0.29, 0.717) is 18.6 Å². The van der Waals surface area contributed by atoms with Crippen molar-refractivity contribution in [3.05, 3.63) is 28.8 Å². The Bertz CT molecular complexity index is 1130. The lowest BCUT2D eigenvalue weighted by molar-refractivity contribution is -0.167. The van der Waals surface area contributed by atoms with Gasteiger partial charge in [-0.15, -0.1) is 0 Å². The minimum Gasteiger partial charge on any atom is -0.507 e. The fourth-order valence-corrected chi connectivity index (χ4v) is 8.91. The van der Waals surface area contributed by atoms with Gasteiger partial charge in [-0.05, 0) is 65.3 Å².